The molecule has 0 saturated carbocycles. The first-order valence-corrected chi connectivity index (χ1v) is 16.1. The van der Waals surface area contributed by atoms with Gasteiger partial charge in [0.15, 0.2) is 0 Å². The highest BCUT2D eigenvalue weighted by Gasteiger charge is 2.44. The Bertz CT molecular complexity index is 1100. The Labute approximate surface area is 266 Å². The van der Waals surface area contributed by atoms with Crippen molar-refractivity contribution in [3.63, 3.8) is 0 Å². The molecule has 1 unspecified atom stereocenters. The molecule has 0 bridgehead atoms. The van der Waals surface area contributed by atoms with E-state index in [1.165, 1.54) is 12.1 Å². The first-order valence-electron chi connectivity index (χ1n) is 16.1. The summed E-state index contributed by atoms with van der Waals surface area (Å²) in [5, 5.41) is 11.5. The van der Waals surface area contributed by atoms with Crippen molar-refractivity contribution in [2.24, 2.45) is 5.41 Å². The van der Waals surface area contributed by atoms with Crippen molar-refractivity contribution in [2.45, 2.75) is 12.8 Å². The van der Waals surface area contributed by atoms with Gasteiger partial charge >= 0.3 is 0 Å². The van der Waals surface area contributed by atoms with Crippen LogP contribution in [-0.4, -0.2) is 135 Å². The molecule has 2 saturated heterocycles. The Kier molecular flexibility index (Phi) is 15.8. The average Bonchev–Trinajstić information content (AvgIpc) is 3.70. The maximum atomic E-state index is 12.8. The predicted octanol–water partition coefficient (Wildman–Crippen LogP) is 2.01. The summed E-state index contributed by atoms with van der Waals surface area (Å²) in [6.07, 6.45) is 4.04. The van der Waals surface area contributed by atoms with E-state index in [4.69, 9.17) is 33.5 Å². The number of rotatable bonds is 23. The monoisotopic (exact) mass is 630 g/mol. The predicted molar refractivity (Wildman–Crippen MR) is 171 cm³/mol. The number of ether oxygens (including phenoxy) is 6. The number of hydrogen-bond donors (Lipinski definition) is 2. The Balaban J connectivity index is 0.978. The first-order chi connectivity index (χ1) is 22.2. The summed E-state index contributed by atoms with van der Waals surface area (Å²) in [6, 6.07) is 14.3. The maximum Gasteiger partial charge on any atom is 0.251 e. The highest BCUT2D eigenvalue weighted by atomic mass is 16.6. The van der Waals surface area contributed by atoms with Crippen LogP contribution in [0.5, 0.6) is 0 Å². The van der Waals surface area contributed by atoms with Crippen molar-refractivity contribution in [2.75, 3.05) is 128 Å². The van der Waals surface area contributed by atoms with Crippen LogP contribution in [0.1, 0.15) is 23.2 Å². The summed E-state index contributed by atoms with van der Waals surface area (Å²) in [4.78, 5) is 22.2. The minimum atomic E-state index is -0.124. The summed E-state index contributed by atoms with van der Waals surface area (Å²) in [6.45, 7) is 10.0. The van der Waals surface area contributed by atoms with Gasteiger partial charge in [0.25, 0.3) is 5.91 Å². The molecule has 3 heterocycles. The van der Waals surface area contributed by atoms with Gasteiger partial charge in [0.2, 0.25) is 0 Å². The molecule has 0 radical (unpaired) electrons. The molecule has 2 aromatic rings. The van der Waals surface area contributed by atoms with Gasteiger partial charge in [-0.15, -0.1) is 0 Å². The van der Waals surface area contributed by atoms with Crippen molar-refractivity contribution >= 4 is 17.4 Å². The largest absolute Gasteiger partial charge is 0.394 e. The number of carbonyl (C=O) groups excluding carboxylic acids is 1. The van der Waals surface area contributed by atoms with Crippen LogP contribution in [0.3, 0.4) is 0 Å². The molecule has 45 heavy (non-hydrogen) atoms. The lowest BCUT2D eigenvalue weighted by Gasteiger charge is -2.26. The van der Waals surface area contributed by atoms with Gasteiger partial charge in [-0.3, -0.25) is 4.79 Å². The number of carbonyl (C=O) groups is 1. The normalized spacial score (nSPS) is 17.9. The second-order valence-electron chi connectivity index (χ2n) is 11.2. The summed E-state index contributed by atoms with van der Waals surface area (Å²) >= 11 is 0. The topological polar surface area (TPSA) is 124 Å². The minimum Gasteiger partial charge on any atom is -0.394 e. The van der Waals surface area contributed by atoms with Crippen LogP contribution >= 0.6 is 0 Å². The molecule has 1 aromatic carbocycles. The van der Waals surface area contributed by atoms with Crippen LogP contribution in [0.2, 0.25) is 0 Å². The van der Waals surface area contributed by atoms with Gasteiger partial charge < -0.3 is 48.6 Å². The van der Waals surface area contributed by atoms with E-state index in [1.54, 1.807) is 12.3 Å². The Hall–Kier alpha value is -2.84. The SMILES string of the molecule is O=C(NCCOCCOCCOCCOCCOCCOCCO)c1ccnc(N2CCC3(CCN(c4ccccc4)C3)C2)c1. The number of hydrogen-bond acceptors (Lipinski definition) is 11. The van der Waals surface area contributed by atoms with E-state index >= 15 is 0 Å². The molecule has 1 atom stereocenters. The number of nitrogens with one attached hydrogen (secondary N) is 1. The molecule has 1 spiro atoms. The van der Waals surface area contributed by atoms with Gasteiger partial charge in [0, 0.05) is 55.6 Å². The lowest BCUT2D eigenvalue weighted by Crippen LogP contribution is -2.31. The van der Waals surface area contributed by atoms with Gasteiger partial charge in [-0.1, -0.05) is 18.2 Å². The average molecular weight is 631 g/mol. The molecule has 12 nitrogen and oxygen atoms in total. The summed E-state index contributed by atoms with van der Waals surface area (Å²) in [7, 11) is 0. The van der Waals surface area contributed by atoms with E-state index < -0.39 is 0 Å². The molecule has 1 aromatic heterocycles. The van der Waals surface area contributed by atoms with Crippen LogP contribution < -0.4 is 15.1 Å². The fraction of sp³-hybridized carbons (Fsp3) is 0.636. The van der Waals surface area contributed by atoms with Crippen molar-refractivity contribution in [1.82, 2.24) is 10.3 Å². The second-order valence-corrected chi connectivity index (χ2v) is 11.2. The zero-order valence-corrected chi connectivity index (χ0v) is 26.4. The highest BCUT2D eigenvalue weighted by Crippen LogP contribution is 2.42. The van der Waals surface area contributed by atoms with Crippen LogP contribution in [0.15, 0.2) is 48.7 Å². The minimum absolute atomic E-state index is 0.0218. The fourth-order valence-corrected chi connectivity index (χ4v) is 5.60. The van der Waals surface area contributed by atoms with E-state index in [1.807, 2.05) is 6.07 Å². The third-order valence-electron chi connectivity index (χ3n) is 7.96. The molecule has 0 aliphatic carbocycles. The van der Waals surface area contributed by atoms with Gasteiger partial charge in [0.05, 0.1) is 85.9 Å². The number of pyridine rings is 1. The first kappa shape index (κ1) is 35.0. The summed E-state index contributed by atoms with van der Waals surface area (Å²) in [5.41, 5.74) is 2.18. The molecule has 1 amide bonds. The lowest BCUT2D eigenvalue weighted by atomic mass is 9.86. The Morgan fingerprint density at radius 3 is 1.87 bits per heavy atom. The van der Waals surface area contributed by atoms with E-state index in [0.29, 0.717) is 91.4 Å². The standard InChI is InChI=1S/C33H50N4O8/c38-13-15-41-17-19-43-21-23-45-25-24-44-22-20-42-18-16-40-14-10-35-32(39)29-6-9-34-31(26-29)37-12-8-33(28-37)7-11-36(27-33)30-4-2-1-3-5-30/h1-6,9,26,38H,7-8,10-25,27-28H2,(H,35,39). The number of para-hydroxylation sites is 1. The van der Waals surface area contributed by atoms with Gasteiger partial charge in [-0.05, 0) is 37.1 Å². The molecule has 2 fully saturated rings. The number of aliphatic hydroxyl groups excluding tert-OH is 1. The van der Waals surface area contributed by atoms with Crippen molar-refractivity contribution in [3.05, 3.63) is 54.2 Å². The third kappa shape index (κ3) is 12.5. The fourth-order valence-electron chi connectivity index (χ4n) is 5.60. The smallest absolute Gasteiger partial charge is 0.251 e. The van der Waals surface area contributed by atoms with E-state index in [-0.39, 0.29) is 17.9 Å². The van der Waals surface area contributed by atoms with Crippen LogP contribution in [-0.2, 0) is 28.4 Å². The van der Waals surface area contributed by atoms with Crippen LogP contribution in [0, 0.1) is 5.41 Å². The van der Waals surface area contributed by atoms with Crippen molar-refractivity contribution in [3.8, 4) is 0 Å². The van der Waals surface area contributed by atoms with E-state index in [9.17, 15) is 4.79 Å². The quantitative estimate of drug-likeness (QED) is 0.175. The van der Waals surface area contributed by atoms with Crippen molar-refractivity contribution < 1.29 is 38.3 Å². The number of aromatic nitrogens is 1. The number of amides is 1. The molecule has 2 aliphatic rings. The van der Waals surface area contributed by atoms with E-state index in [2.05, 4.69) is 50.4 Å². The van der Waals surface area contributed by atoms with Gasteiger partial charge in [0.1, 0.15) is 5.82 Å². The third-order valence-corrected chi connectivity index (χ3v) is 7.96. The molecular formula is C33H50N4O8. The molecule has 12 heteroatoms. The molecule has 2 aliphatic heterocycles. The highest BCUT2D eigenvalue weighted by molar-refractivity contribution is 5.94. The summed E-state index contributed by atoms with van der Waals surface area (Å²) in [5.74, 6) is 0.742. The lowest BCUT2D eigenvalue weighted by molar-refractivity contribution is -0.0180. The molecule has 4 rings (SSSR count). The number of benzene rings is 1. The van der Waals surface area contributed by atoms with Crippen molar-refractivity contribution in [1.29, 1.82) is 0 Å². The molecule has 2 N–H and O–H groups in total. The van der Waals surface area contributed by atoms with Gasteiger partial charge in [-0.25, -0.2) is 4.98 Å². The number of nitrogens with zero attached hydrogens (tertiary/aromatic N) is 3. The zero-order chi connectivity index (χ0) is 31.4. The molecule has 250 valence electrons. The number of aliphatic hydroxyl groups is 1. The van der Waals surface area contributed by atoms with E-state index in [0.717, 1.165) is 38.4 Å². The Morgan fingerprint density at radius 2 is 1.27 bits per heavy atom. The van der Waals surface area contributed by atoms with Gasteiger partial charge in [-0.2, -0.15) is 0 Å². The van der Waals surface area contributed by atoms with Crippen LogP contribution in [0.25, 0.3) is 0 Å². The second kappa shape index (κ2) is 20.3. The maximum absolute atomic E-state index is 12.8. The Morgan fingerprint density at radius 1 is 0.733 bits per heavy atom. The zero-order valence-electron chi connectivity index (χ0n) is 26.4. The van der Waals surface area contributed by atoms with Crippen LogP contribution in [0.4, 0.5) is 11.5 Å². The number of anilines is 2. The summed E-state index contributed by atoms with van der Waals surface area (Å²) < 4.78 is 32.4. The molecular weight excluding hydrogens is 580 g/mol.